The van der Waals surface area contributed by atoms with E-state index in [4.69, 9.17) is 27.0 Å². The molecule has 0 saturated heterocycles. The van der Waals surface area contributed by atoms with E-state index in [-0.39, 0.29) is 10.5 Å². The fraction of sp³-hybridized carbons (Fsp3) is 0.125. The molecular formula is C8H6Cl2O4S. The van der Waals surface area contributed by atoms with E-state index in [9.17, 15) is 13.2 Å². The highest BCUT2D eigenvalue weighted by atomic mass is 35.7. The summed E-state index contributed by atoms with van der Waals surface area (Å²) in [6, 6.07) is 3.75. The molecule has 0 heterocycles. The summed E-state index contributed by atoms with van der Waals surface area (Å²) in [5.41, 5.74) is -0.203. The Balaban J connectivity index is 3.48. The molecule has 0 spiro atoms. The number of carbonyl (C=O) groups excluding carboxylic acids is 1. The Hall–Kier alpha value is -0.780. The molecule has 0 fully saturated rings. The van der Waals surface area contributed by atoms with E-state index in [1.54, 1.807) is 0 Å². The van der Waals surface area contributed by atoms with Crippen molar-refractivity contribution in [3.8, 4) is 5.75 Å². The summed E-state index contributed by atoms with van der Waals surface area (Å²) in [5.74, 6) is 0.322. The smallest absolute Gasteiger partial charge is 0.262 e. The average Bonchev–Trinajstić information content (AvgIpc) is 2.15. The van der Waals surface area contributed by atoms with E-state index in [1.807, 2.05) is 0 Å². The van der Waals surface area contributed by atoms with Crippen LogP contribution in [0, 0.1) is 0 Å². The monoisotopic (exact) mass is 268 g/mol. The van der Waals surface area contributed by atoms with Crippen molar-refractivity contribution in [2.45, 2.75) is 4.90 Å². The third-order valence-electron chi connectivity index (χ3n) is 1.66. The van der Waals surface area contributed by atoms with Gasteiger partial charge >= 0.3 is 0 Å². The van der Waals surface area contributed by atoms with Gasteiger partial charge in [0.15, 0.2) is 0 Å². The predicted octanol–water partition coefficient (Wildman–Crippen LogP) is 2.00. The van der Waals surface area contributed by atoms with E-state index in [0.29, 0.717) is 5.75 Å². The molecule has 0 bridgehead atoms. The van der Waals surface area contributed by atoms with E-state index < -0.39 is 14.3 Å². The molecule has 1 aromatic rings. The molecule has 1 aromatic carbocycles. The Morgan fingerprint density at radius 1 is 1.40 bits per heavy atom. The first-order chi connectivity index (χ1) is 6.86. The van der Waals surface area contributed by atoms with Crippen LogP contribution in [0.4, 0.5) is 0 Å². The minimum atomic E-state index is -3.99. The van der Waals surface area contributed by atoms with E-state index in [2.05, 4.69) is 0 Å². The summed E-state index contributed by atoms with van der Waals surface area (Å²) < 4.78 is 27.0. The molecule has 0 aliphatic heterocycles. The highest BCUT2D eigenvalue weighted by Crippen LogP contribution is 2.25. The summed E-state index contributed by atoms with van der Waals surface area (Å²) >= 11 is 5.23. The van der Waals surface area contributed by atoms with Crippen LogP contribution in [0.25, 0.3) is 0 Å². The first-order valence-electron chi connectivity index (χ1n) is 3.69. The van der Waals surface area contributed by atoms with E-state index in [0.717, 1.165) is 6.07 Å². The van der Waals surface area contributed by atoms with Gasteiger partial charge in [0.2, 0.25) is 0 Å². The number of rotatable bonds is 3. The quantitative estimate of drug-likeness (QED) is 0.787. The van der Waals surface area contributed by atoms with Gasteiger partial charge in [0.05, 0.1) is 17.6 Å². The molecule has 0 atom stereocenters. The lowest BCUT2D eigenvalue weighted by molar-refractivity contribution is 0.107. The van der Waals surface area contributed by atoms with Gasteiger partial charge in [-0.15, -0.1) is 0 Å². The first-order valence-corrected chi connectivity index (χ1v) is 6.37. The van der Waals surface area contributed by atoms with Gasteiger partial charge in [-0.1, -0.05) is 0 Å². The summed E-state index contributed by atoms with van der Waals surface area (Å²) in [6.45, 7) is 0. The van der Waals surface area contributed by atoms with Crippen molar-refractivity contribution in [2.75, 3.05) is 7.11 Å². The van der Waals surface area contributed by atoms with Crippen molar-refractivity contribution in [1.29, 1.82) is 0 Å². The van der Waals surface area contributed by atoms with E-state index in [1.165, 1.54) is 19.2 Å². The second-order valence-electron chi connectivity index (χ2n) is 2.57. The van der Waals surface area contributed by atoms with Crippen LogP contribution in [0.2, 0.25) is 0 Å². The normalized spacial score (nSPS) is 11.1. The number of halogens is 2. The SMILES string of the molecule is COc1ccc(S(=O)(=O)Cl)c(C(=O)Cl)c1. The van der Waals surface area contributed by atoms with E-state index >= 15 is 0 Å². The van der Waals surface area contributed by atoms with Gasteiger partial charge in [-0.05, 0) is 29.8 Å². The molecule has 15 heavy (non-hydrogen) atoms. The average molecular weight is 269 g/mol. The summed E-state index contributed by atoms with van der Waals surface area (Å²) in [6.07, 6.45) is 0. The van der Waals surface area contributed by atoms with Crippen LogP contribution < -0.4 is 4.74 Å². The third-order valence-corrected chi connectivity index (χ3v) is 3.24. The fourth-order valence-corrected chi connectivity index (χ4v) is 2.26. The van der Waals surface area contributed by atoms with Crippen LogP contribution in [0.1, 0.15) is 10.4 Å². The van der Waals surface area contributed by atoms with Gasteiger partial charge in [0, 0.05) is 10.7 Å². The molecule has 0 unspecified atom stereocenters. The highest BCUT2D eigenvalue weighted by molar-refractivity contribution is 8.13. The van der Waals surface area contributed by atoms with Crippen molar-refractivity contribution in [3.63, 3.8) is 0 Å². The Kier molecular flexibility index (Phi) is 3.59. The largest absolute Gasteiger partial charge is 0.497 e. The number of carbonyl (C=O) groups is 1. The van der Waals surface area contributed by atoms with Crippen molar-refractivity contribution in [2.24, 2.45) is 0 Å². The number of methoxy groups -OCH3 is 1. The maximum absolute atomic E-state index is 11.1. The minimum absolute atomic E-state index is 0.203. The molecule has 0 saturated carbocycles. The van der Waals surface area contributed by atoms with Gasteiger partial charge < -0.3 is 4.74 Å². The fourth-order valence-electron chi connectivity index (χ4n) is 1.00. The van der Waals surface area contributed by atoms with Gasteiger partial charge in [-0.3, -0.25) is 4.79 Å². The van der Waals surface area contributed by atoms with Crippen LogP contribution in [-0.4, -0.2) is 20.8 Å². The van der Waals surface area contributed by atoms with Crippen LogP contribution in [0.15, 0.2) is 23.1 Å². The first kappa shape index (κ1) is 12.3. The van der Waals surface area contributed by atoms with Crippen LogP contribution >= 0.6 is 22.3 Å². The van der Waals surface area contributed by atoms with Crippen LogP contribution in [-0.2, 0) is 9.05 Å². The maximum Gasteiger partial charge on any atom is 0.262 e. The number of ether oxygens (including phenoxy) is 1. The second-order valence-corrected chi connectivity index (χ2v) is 5.45. The molecule has 0 amide bonds. The Morgan fingerprint density at radius 3 is 2.40 bits per heavy atom. The summed E-state index contributed by atoms with van der Waals surface area (Å²) in [5, 5.41) is -0.909. The van der Waals surface area contributed by atoms with Gasteiger partial charge in [-0.25, -0.2) is 8.42 Å². The molecule has 1 rings (SSSR count). The van der Waals surface area contributed by atoms with Crippen molar-refractivity contribution >= 4 is 36.6 Å². The van der Waals surface area contributed by atoms with Crippen molar-refractivity contribution < 1.29 is 17.9 Å². The number of hydrogen-bond acceptors (Lipinski definition) is 4. The molecule has 0 aliphatic carbocycles. The van der Waals surface area contributed by atoms with Gasteiger partial charge in [-0.2, -0.15) is 0 Å². The molecule has 4 nitrogen and oxygen atoms in total. The summed E-state index contributed by atoms with van der Waals surface area (Å²) in [4.78, 5) is 10.6. The van der Waals surface area contributed by atoms with Gasteiger partial charge in [0.1, 0.15) is 5.75 Å². The highest BCUT2D eigenvalue weighted by Gasteiger charge is 2.20. The lowest BCUT2D eigenvalue weighted by atomic mass is 10.2. The molecular weight excluding hydrogens is 263 g/mol. The molecule has 7 heteroatoms. The lowest BCUT2D eigenvalue weighted by Crippen LogP contribution is -2.01. The van der Waals surface area contributed by atoms with Crippen LogP contribution in [0.5, 0.6) is 5.75 Å². The molecule has 0 aliphatic rings. The number of hydrogen-bond donors (Lipinski definition) is 0. The van der Waals surface area contributed by atoms with Gasteiger partial charge in [0.25, 0.3) is 14.3 Å². The lowest BCUT2D eigenvalue weighted by Gasteiger charge is -2.05. The Bertz CT molecular complexity index is 495. The number of benzene rings is 1. The standard InChI is InChI=1S/C8H6Cl2O4S/c1-14-5-2-3-7(15(10,12)13)6(4-5)8(9)11/h2-4H,1H3. The Labute approximate surface area is 96.2 Å². The third kappa shape index (κ3) is 2.84. The summed E-state index contributed by atoms with van der Waals surface area (Å²) in [7, 11) is 2.51. The zero-order valence-corrected chi connectivity index (χ0v) is 9.86. The maximum atomic E-state index is 11.1. The van der Waals surface area contributed by atoms with Crippen LogP contribution in [0.3, 0.4) is 0 Å². The second kappa shape index (κ2) is 4.38. The molecule has 0 N–H and O–H groups in total. The zero-order chi connectivity index (χ0) is 11.6. The Morgan fingerprint density at radius 2 is 2.00 bits per heavy atom. The minimum Gasteiger partial charge on any atom is -0.497 e. The topological polar surface area (TPSA) is 60.4 Å². The molecule has 82 valence electrons. The van der Waals surface area contributed by atoms with Crippen molar-refractivity contribution in [1.82, 2.24) is 0 Å². The molecule has 0 radical (unpaired) electrons. The molecule has 0 aromatic heterocycles. The van der Waals surface area contributed by atoms with Crippen molar-refractivity contribution in [3.05, 3.63) is 23.8 Å². The predicted molar refractivity (Wildman–Crippen MR) is 56.2 cm³/mol. The zero-order valence-electron chi connectivity index (χ0n) is 7.53.